The molecule has 1 aliphatic rings. The van der Waals surface area contributed by atoms with Crippen LogP contribution in [-0.4, -0.2) is 29.4 Å². The summed E-state index contributed by atoms with van der Waals surface area (Å²) in [6.07, 6.45) is 3.21. The second-order valence-electron chi connectivity index (χ2n) is 5.04. The zero-order valence-electron chi connectivity index (χ0n) is 11.8. The van der Waals surface area contributed by atoms with E-state index in [1.807, 2.05) is 0 Å². The first-order chi connectivity index (χ1) is 10.6. The standard InChI is InChI=1S/C15H14ClNO5/c1-20-12-6-8(16)5-10(14(12)21-9-3-2-4-9)11-7-13(15(18)19)22-17-11/h5-7,9H,2-4H2,1H3,(H,18,19). The molecule has 1 saturated carbocycles. The highest BCUT2D eigenvalue weighted by atomic mass is 35.5. The van der Waals surface area contributed by atoms with Crippen molar-refractivity contribution in [3.05, 3.63) is 29.0 Å². The van der Waals surface area contributed by atoms with E-state index in [1.165, 1.54) is 13.2 Å². The van der Waals surface area contributed by atoms with Crippen LogP contribution in [0.15, 0.2) is 22.7 Å². The van der Waals surface area contributed by atoms with Crippen LogP contribution in [-0.2, 0) is 0 Å². The van der Waals surface area contributed by atoms with E-state index in [0.29, 0.717) is 27.8 Å². The maximum atomic E-state index is 10.9. The summed E-state index contributed by atoms with van der Waals surface area (Å²) >= 11 is 6.09. The van der Waals surface area contributed by atoms with E-state index in [4.69, 9.17) is 30.7 Å². The number of hydrogen-bond donors (Lipinski definition) is 1. The number of ether oxygens (including phenoxy) is 2. The van der Waals surface area contributed by atoms with Gasteiger partial charge in [-0.05, 0) is 25.3 Å². The lowest BCUT2D eigenvalue weighted by atomic mass is 9.96. The summed E-state index contributed by atoms with van der Waals surface area (Å²) in [6, 6.07) is 4.64. The number of methoxy groups -OCH3 is 1. The summed E-state index contributed by atoms with van der Waals surface area (Å²) < 4.78 is 16.1. The molecule has 1 N–H and O–H groups in total. The van der Waals surface area contributed by atoms with Crippen molar-refractivity contribution < 1.29 is 23.9 Å². The average molecular weight is 324 g/mol. The van der Waals surface area contributed by atoms with Crippen molar-refractivity contribution in [2.24, 2.45) is 0 Å². The Morgan fingerprint density at radius 3 is 2.73 bits per heavy atom. The molecule has 0 saturated heterocycles. The molecule has 116 valence electrons. The number of halogens is 1. The minimum Gasteiger partial charge on any atom is -0.493 e. The predicted molar refractivity (Wildman–Crippen MR) is 78.7 cm³/mol. The third-order valence-corrected chi connectivity index (χ3v) is 3.79. The van der Waals surface area contributed by atoms with Crippen molar-refractivity contribution in [1.29, 1.82) is 0 Å². The molecule has 1 aromatic heterocycles. The van der Waals surface area contributed by atoms with Crippen molar-refractivity contribution in [3.63, 3.8) is 0 Å². The second kappa shape index (κ2) is 5.88. The van der Waals surface area contributed by atoms with Gasteiger partial charge in [0, 0.05) is 17.2 Å². The van der Waals surface area contributed by atoms with Gasteiger partial charge >= 0.3 is 5.97 Å². The van der Waals surface area contributed by atoms with Crippen LogP contribution in [0.5, 0.6) is 11.5 Å². The largest absolute Gasteiger partial charge is 0.493 e. The normalized spacial score (nSPS) is 14.5. The number of nitrogens with zero attached hydrogens (tertiary/aromatic N) is 1. The average Bonchev–Trinajstić information content (AvgIpc) is 2.92. The van der Waals surface area contributed by atoms with E-state index < -0.39 is 5.97 Å². The van der Waals surface area contributed by atoms with E-state index in [9.17, 15) is 4.79 Å². The van der Waals surface area contributed by atoms with Crippen LogP contribution >= 0.6 is 11.6 Å². The van der Waals surface area contributed by atoms with Crippen LogP contribution < -0.4 is 9.47 Å². The topological polar surface area (TPSA) is 81.8 Å². The maximum Gasteiger partial charge on any atom is 0.374 e. The summed E-state index contributed by atoms with van der Waals surface area (Å²) in [6.45, 7) is 0. The Morgan fingerprint density at radius 2 is 2.18 bits per heavy atom. The molecule has 1 aromatic carbocycles. The molecule has 1 aliphatic carbocycles. The lowest BCUT2D eigenvalue weighted by molar-refractivity contribution is 0.0652. The summed E-state index contributed by atoms with van der Waals surface area (Å²) in [5.74, 6) is -0.450. The number of rotatable bonds is 5. The first kappa shape index (κ1) is 14.7. The van der Waals surface area contributed by atoms with E-state index in [2.05, 4.69) is 5.16 Å². The lowest BCUT2D eigenvalue weighted by Gasteiger charge is -2.28. The molecule has 7 heteroatoms. The molecule has 1 fully saturated rings. The minimum atomic E-state index is -1.19. The summed E-state index contributed by atoms with van der Waals surface area (Å²) in [5, 5.41) is 13.2. The molecule has 0 aliphatic heterocycles. The minimum absolute atomic E-state index is 0.125. The van der Waals surface area contributed by atoms with Crippen molar-refractivity contribution in [2.45, 2.75) is 25.4 Å². The first-order valence-corrected chi connectivity index (χ1v) is 7.21. The molecule has 0 bridgehead atoms. The smallest absolute Gasteiger partial charge is 0.374 e. The van der Waals surface area contributed by atoms with Gasteiger partial charge in [0.05, 0.1) is 18.8 Å². The number of carboxylic acid groups (broad SMARTS) is 1. The zero-order chi connectivity index (χ0) is 15.7. The number of carbonyl (C=O) groups is 1. The van der Waals surface area contributed by atoms with Crippen molar-refractivity contribution >= 4 is 17.6 Å². The number of benzene rings is 1. The Kier molecular flexibility index (Phi) is 3.94. The second-order valence-corrected chi connectivity index (χ2v) is 5.47. The highest BCUT2D eigenvalue weighted by Gasteiger charge is 2.25. The van der Waals surface area contributed by atoms with Crippen molar-refractivity contribution in [3.8, 4) is 22.8 Å². The molecule has 2 aromatic rings. The maximum absolute atomic E-state index is 10.9. The van der Waals surface area contributed by atoms with E-state index in [0.717, 1.165) is 19.3 Å². The Labute approximate surface area is 131 Å². The Bertz CT molecular complexity index is 708. The Morgan fingerprint density at radius 1 is 1.41 bits per heavy atom. The molecule has 0 atom stereocenters. The predicted octanol–water partition coefficient (Wildman–Crippen LogP) is 3.63. The Hall–Kier alpha value is -2.21. The van der Waals surface area contributed by atoms with Gasteiger partial charge in [-0.1, -0.05) is 16.8 Å². The summed E-state index contributed by atoms with van der Waals surface area (Å²) in [7, 11) is 1.52. The van der Waals surface area contributed by atoms with Gasteiger partial charge in [-0.2, -0.15) is 0 Å². The fraction of sp³-hybridized carbons (Fsp3) is 0.333. The fourth-order valence-electron chi connectivity index (χ4n) is 2.19. The molecule has 6 nitrogen and oxygen atoms in total. The number of hydrogen-bond acceptors (Lipinski definition) is 5. The summed E-state index contributed by atoms with van der Waals surface area (Å²) in [4.78, 5) is 10.9. The zero-order valence-corrected chi connectivity index (χ0v) is 12.6. The third kappa shape index (κ3) is 2.74. The van der Waals surface area contributed by atoms with Crippen molar-refractivity contribution in [2.75, 3.05) is 7.11 Å². The van der Waals surface area contributed by atoms with Gasteiger partial charge in [0.1, 0.15) is 5.69 Å². The number of aromatic carboxylic acids is 1. The van der Waals surface area contributed by atoms with Crippen LogP contribution in [0.2, 0.25) is 5.02 Å². The highest BCUT2D eigenvalue weighted by Crippen LogP contribution is 2.42. The van der Waals surface area contributed by atoms with Crippen LogP contribution in [0, 0.1) is 0 Å². The lowest BCUT2D eigenvalue weighted by Crippen LogP contribution is -2.25. The highest BCUT2D eigenvalue weighted by molar-refractivity contribution is 6.31. The molecule has 0 spiro atoms. The molecule has 1 heterocycles. The van der Waals surface area contributed by atoms with E-state index in [1.54, 1.807) is 12.1 Å². The van der Waals surface area contributed by atoms with Crippen LogP contribution in [0.4, 0.5) is 0 Å². The van der Waals surface area contributed by atoms with Gasteiger partial charge in [0.2, 0.25) is 5.76 Å². The molecule has 3 rings (SSSR count). The van der Waals surface area contributed by atoms with Gasteiger partial charge < -0.3 is 19.1 Å². The molecule has 22 heavy (non-hydrogen) atoms. The van der Waals surface area contributed by atoms with Crippen LogP contribution in [0.1, 0.15) is 29.8 Å². The SMILES string of the molecule is COc1cc(Cl)cc(-c2cc(C(=O)O)on2)c1OC1CCC1. The van der Waals surface area contributed by atoms with Gasteiger partial charge in [-0.3, -0.25) is 0 Å². The van der Waals surface area contributed by atoms with E-state index in [-0.39, 0.29) is 11.9 Å². The van der Waals surface area contributed by atoms with Crippen LogP contribution in [0.25, 0.3) is 11.3 Å². The fourth-order valence-corrected chi connectivity index (χ4v) is 2.40. The molecule has 0 radical (unpaired) electrons. The van der Waals surface area contributed by atoms with Gasteiger partial charge in [0.15, 0.2) is 11.5 Å². The number of carboxylic acids is 1. The van der Waals surface area contributed by atoms with Gasteiger partial charge in [-0.25, -0.2) is 4.79 Å². The van der Waals surface area contributed by atoms with E-state index >= 15 is 0 Å². The van der Waals surface area contributed by atoms with Crippen molar-refractivity contribution in [1.82, 2.24) is 5.16 Å². The summed E-state index contributed by atoms with van der Waals surface area (Å²) in [5.41, 5.74) is 0.889. The Balaban J connectivity index is 2.06. The molecular weight excluding hydrogens is 310 g/mol. The molecule has 0 amide bonds. The first-order valence-electron chi connectivity index (χ1n) is 6.83. The monoisotopic (exact) mass is 323 g/mol. The molecule has 0 unspecified atom stereocenters. The number of aromatic nitrogens is 1. The third-order valence-electron chi connectivity index (χ3n) is 3.57. The van der Waals surface area contributed by atoms with Crippen LogP contribution in [0.3, 0.4) is 0 Å². The quantitative estimate of drug-likeness (QED) is 0.904. The van der Waals surface area contributed by atoms with Gasteiger partial charge in [-0.15, -0.1) is 0 Å². The van der Waals surface area contributed by atoms with Gasteiger partial charge in [0.25, 0.3) is 0 Å². The molecular formula is C15H14ClNO5.